The van der Waals surface area contributed by atoms with Crippen molar-refractivity contribution in [3.63, 3.8) is 0 Å². The van der Waals surface area contributed by atoms with Gasteiger partial charge in [0.1, 0.15) is 0 Å². The highest BCUT2D eigenvalue weighted by molar-refractivity contribution is 7.87. The van der Waals surface area contributed by atoms with Gasteiger partial charge in [-0.2, -0.15) is 30.5 Å². The molecule has 0 bridgehead atoms. The number of nitrogens with zero attached hydrogens (tertiary/aromatic N) is 1. The normalized spacial score (nSPS) is 22.7. The highest BCUT2D eigenvalue weighted by Crippen LogP contribution is 2.65. The molecule has 1 aliphatic heterocycles. The van der Waals surface area contributed by atoms with E-state index in [4.69, 9.17) is 17.3 Å². The van der Waals surface area contributed by atoms with Crippen LogP contribution in [0.5, 0.6) is 0 Å². The zero-order valence-corrected chi connectivity index (χ0v) is 27.4. The summed E-state index contributed by atoms with van der Waals surface area (Å²) < 4.78 is 101. The van der Waals surface area contributed by atoms with Crippen molar-refractivity contribution in [3.05, 3.63) is 89.5 Å². The van der Waals surface area contributed by atoms with Crippen LogP contribution in [0.4, 0.5) is 0 Å². The predicted molar refractivity (Wildman–Crippen MR) is 161 cm³/mol. The Morgan fingerprint density at radius 1 is 0.622 bits per heavy atom. The number of benzene rings is 3. The minimum Gasteiger partial charge on any atom is -0.358 e. The van der Waals surface area contributed by atoms with Crippen molar-refractivity contribution in [2.45, 2.75) is 53.9 Å². The lowest BCUT2D eigenvalue weighted by Crippen LogP contribution is -2.69. The Labute approximate surface area is 264 Å². The van der Waals surface area contributed by atoms with Crippen LogP contribution in [-0.2, 0) is 47.6 Å². The van der Waals surface area contributed by atoms with Gasteiger partial charge in [0.05, 0.1) is 58.0 Å². The lowest BCUT2D eigenvalue weighted by molar-refractivity contribution is -0.273. The Morgan fingerprint density at radius 3 is 1.29 bits per heavy atom. The fourth-order valence-corrected chi connectivity index (χ4v) is 8.76. The van der Waals surface area contributed by atoms with Gasteiger partial charge in [-0.25, -0.2) is 0 Å². The van der Waals surface area contributed by atoms with E-state index in [9.17, 15) is 30.5 Å². The minimum atomic E-state index is -4.36. The molecule has 0 unspecified atom stereocenters. The maximum Gasteiger partial charge on any atom is 0.296 e. The van der Waals surface area contributed by atoms with Crippen molar-refractivity contribution in [2.24, 2.45) is 10.8 Å². The summed E-state index contributed by atoms with van der Waals surface area (Å²) in [5.74, 6) is 0. The van der Waals surface area contributed by atoms with Crippen LogP contribution in [0.2, 0.25) is 0 Å². The van der Waals surface area contributed by atoms with Gasteiger partial charge in [0.2, 0.25) is 0 Å². The molecule has 11 nitrogen and oxygen atoms in total. The van der Waals surface area contributed by atoms with E-state index in [0.717, 1.165) is 16.7 Å². The first kappa shape index (κ1) is 33.2. The third-order valence-electron chi connectivity index (χ3n) is 8.70. The zero-order chi connectivity index (χ0) is 32.7. The lowest BCUT2D eigenvalue weighted by Gasteiger charge is -2.56. The first-order valence-corrected chi connectivity index (χ1v) is 18.3. The van der Waals surface area contributed by atoms with Crippen molar-refractivity contribution < 1.29 is 42.5 Å². The number of ether oxygens (including phenoxy) is 1. The molecule has 2 aliphatic rings. The molecule has 3 aromatic rings. The molecule has 0 aromatic heterocycles. The standard InChI is InChI=1S/C31H33NO10S3/c1-23-4-10-26(11-5-23)43(33,34)40-20-29-16-17-30(31(29,18-32)39-19-29,21-41-44(35,36)27-12-6-24(2)7-13-27)22-42-45(37,38)28-14-8-25(3)9-15-28/h4-15H,16-17,19-22H2,1-3H3/t29-,31+/m1/s1. The van der Waals surface area contributed by atoms with E-state index >= 15 is 0 Å². The number of aryl methyl sites for hydroxylation is 3. The van der Waals surface area contributed by atoms with E-state index in [-0.39, 0.29) is 34.1 Å². The lowest BCUT2D eigenvalue weighted by atomic mass is 9.62. The van der Waals surface area contributed by atoms with Gasteiger partial charge in [-0.15, -0.1) is 0 Å². The molecule has 240 valence electrons. The largest absolute Gasteiger partial charge is 0.358 e. The maximum absolute atomic E-state index is 13.2. The van der Waals surface area contributed by atoms with Crippen molar-refractivity contribution in [2.75, 3.05) is 26.4 Å². The van der Waals surface area contributed by atoms with E-state index < -0.39 is 66.6 Å². The molecule has 1 saturated carbocycles. The number of fused-ring (bicyclic) bond motifs is 1. The molecular formula is C31H33NO10S3. The van der Waals surface area contributed by atoms with Crippen LogP contribution in [0.3, 0.4) is 0 Å². The summed E-state index contributed by atoms with van der Waals surface area (Å²) in [7, 11) is -12.9. The van der Waals surface area contributed by atoms with Crippen LogP contribution in [-0.4, -0.2) is 57.3 Å². The summed E-state index contributed by atoms with van der Waals surface area (Å²) in [5, 5.41) is 10.6. The Hall–Kier alpha value is -3.16. The SMILES string of the molecule is Cc1ccc(S(=O)(=O)OCC2(COS(=O)(=O)c3ccc(C)cc3)CC[C@]3(COS(=O)(=O)c4ccc(C)cc4)CO[C@]23C#N)cc1. The fourth-order valence-electron chi connectivity index (χ4n) is 5.80. The maximum atomic E-state index is 13.2. The molecule has 2 fully saturated rings. The van der Waals surface area contributed by atoms with Crippen molar-refractivity contribution >= 4 is 30.4 Å². The van der Waals surface area contributed by atoms with Crippen molar-refractivity contribution in [1.82, 2.24) is 0 Å². The zero-order valence-electron chi connectivity index (χ0n) is 24.9. The Balaban J connectivity index is 1.47. The van der Waals surface area contributed by atoms with E-state index in [2.05, 4.69) is 6.07 Å². The van der Waals surface area contributed by atoms with Crippen LogP contribution in [0, 0.1) is 42.9 Å². The summed E-state index contributed by atoms with van der Waals surface area (Å²) in [6, 6.07) is 20.1. The topological polar surface area (TPSA) is 163 Å². The molecule has 5 rings (SSSR count). The smallest absolute Gasteiger partial charge is 0.296 e. The molecule has 14 heteroatoms. The summed E-state index contributed by atoms with van der Waals surface area (Å²) in [4.78, 5) is -0.334. The fraction of sp³-hybridized carbons (Fsp3) is 0.387. The van der Waals surface area contributed by atoms with Gasteiger partial charge in [0.15, 0.2) is 5.60 Å². The van der Waals surface area contributed by atoms with Crippen LogP contribution < -0.4 is 0 Å². The average molecular weight is 676 g/mol. The van der Waals surface area contributed by atoms with Crippen LogP contribution >= 0.6 is 0 Å². The summed E-state index contributed by atoms with van der Waals surface area (Å²) in [6.45, 7) is 3.50. The predicted octanol–water partition coefficient (Wildman–Crippen LogP) is 4.19. The van der Waals surface area contributed by atoms with E-state index in [1.165, 1.54) is 36.4 Å². The highest BCUT2D eigenvalue weighted by Gasteiger charge is 2.76. The second-order valence-electron chi connectivity index (χ2n) is 11.7. The van der Waals surface area contributed by atoms with Crippen molar-refractivity contribution in [1.29, 1.82) is 5.26 Å². The first-order valence-electron chi connectivity index (χ1n) is 14.0. The van der Waals surface area contributed by atoms with E-state index in [1.807, 2.05) is 6.92 Å². The van der Waals surface area contributed by atoms with Gasteiger partial charge in [-0.1, -0.05) is 53.1 Å². The summed E-state index contributed by atoms with van der Waals surface area (Å²) in [5.41, 5.74) is -2.26. The third-order valence-corrected chi connectivity index (χ3v) is 12.5. The second kappa shape index (κ2) is 11.9. The molecule has 1 heterocycles. The van der Waals surface area contributed by atoms with Gasteiger partial charge >= 0.3 is 0 Å². The molecule has 0 N–H and O–H groups in total. The average Bonchev–Trinajstić information content (AvgIpc) is 3.17. The molecule has 0 radical (unpaired) electrons. The molecule has 3 aromatic carbocycles. The van der Waals surface area contributed by atoms with Gasteiger partial charge in [0.25, 0.3) is 30.4 Å². The van der Waals surface area contributed by atoms with Crippen molar-refractivity contribution in [3.8, 4) is 6.07 Å². The molecule has 1 aliphatic carbocycles. The second-order valence-corrected chi connectivity index (χ2v) is 16.6. The van der Waals surface area contributed by atoms with E-state index in [1.54, 1.807) is 50.2 Å². The van der Waals surface area contributed by atoms with Gasteiger partial charge in [-0.05, 0) is 70.0 Å². The highest BCUT2D eigenvalue weighted by atomic mass is 32.2. The Morgan fingerprint density at radius 2 is 0.978 bits per heavy atom. The summed E-state index contributed by atoms with van der Waals surface area (Å²) >= 11 is 0. The Bertz CT molecular complexity index is 1860. The number of hydrogen-bond acceptors (Lipinski definition) is 11. The third kappa shape index (κ3) is 6.06. The van der Waals surface area contributed by atoms with Crippen LogP contribution in [0.15, 0.2) is 87.5 Å². The molecular weight excluding hydrogens is 643 g/mol. The van der Waals surface area contributed by atoms with Gasteiger partial charge in [-0.3, -0.25) is 12.5 Å². The van der Waals surface area contributed by atoms with E-state index in [0.29, 0.717) is 0 Å². The minimum absolute atomic E-state index is 0.0152. The quantitative estimate of drug-likeness (QED) is 0.253. The summed E-state index contributed by atoms with van der Waals surface area (Å²) in [6.07, 6.45) is 0.160. The van der Waals surface area contributed by atoms with Crippen LogP contribution in [0.25, 0.3) is 0 Å². The number of hydrogen-bond donors (Lipinski definition) is 0. The molecule has 1 saturated heterocycles. The monoisotopic (exact) mass is 675 g/mol. The number of rotatable bonds is 12. The Kier molecular flexibility index (Phi) is 8.77. The van der Waals surface area contributed by atoms with Gasteiger partial charge in [0, 0.05) is 0 Å². The molecule has 45 heavy (non-hydrogen) atoms. The molecule has 2 atom stereocenters. The molecule has 0 amide bonds. The number of nitriles is 1. The van der Waals surface area contributed by atoms with Crippen LogP contribution in [0.1, 0.15) is 29.5 Å². The molecule has 0 spiro atoms. The first-order chi connectivity index (χ1) is 21.1. The van der Waals surface area contributed by atoms with Gasteiger partial charge < -0.3 is 4.74 Å².